The molecule has 2 amide bonds. The Hall–Kier alpha value is -4.05. The summed E-state index contributed by atoms with van der Waals surface area (Å²) in [4.78, 5) is 25.1. The first-order valence-corrected chi connectivity index (χ1v) is 12.1. The van der Waals surface area contributed by atoms with Gasteiger partial charge in [0.15, 0.2) is 22.5 Å². The quantitative estimate of drug-likeness (QED) is 0.362. The molecule has 35 heavy (non-hydrogen) atoms. The summed E-state index contributed by atoms with van der Waals surface area (Å²) in [6.07, 6.45) is 0. The molecule has 0 aliphatic carbocycles. The lowest BCUT2D eigenvalue weighted by Crippen LogP contribution is -2.24. The molecule has 0 saturated heterocycles. The van der Waals surface area contributed by atoms with Crippen molar-refractivity contribution in [1.82, 2.24) is 20.1 Å². The molecule has 3 aromatic carbocycles. The number of nitrogens with zero attached hydrogens (tertiary/aromatic N) is 3. The smallest absolute Gasteiger partial charge is 0.251 e. The maximum absolute atomic E-state index is 12.6. The van der Waals surface area contributed by atoms with Crippen LogP contribution in [0.4, 0.5) is 5.69 Å². The van der Waals surface area contributed by atoms with Gasteiger partial charge in [0, 0.05) is 17.8 Å². The third kappa shape index (κ3) is 5.07. The number of anilines is 1. The van der Waals surface area contributed by atoms with E-state index in [4.69, 9.17) is 9.47 Å². The Morgan fingerprint density at radius 3 is 2.69 bits per heavy atom. The Bertz CT molecular complexity index is 1400. The van der Waals surface area contributed by atoms with Crippen LogP contribution in [0.15, 0.2) is 65.8 Å². The first-order chi connectivity index (χ1) is 17.1. The second kappa shape index (κ2) is 10.1. The molecule has 0 radical (unpaired) electrons. The summed E-state index contributed by atoms with van der Waals surface area (Å²) in [5.41, 5.74) is 1.22. The van der Waals surface area contributed by atoms with Crippen molar-refractivity contribution in [3.8, 4) is 11.5 Å². The van der Waals surface area contributed by atoms with E-state index in [1.807, 2.05) is 54.0 Å². The third-order valence-electron chi connectivity index (χ3n) is 5.52. The van der Waals surface area contributed by atoms with Crippen molar-refractivity contribution in [3.63, 3.8) is 0 Å². The van der Waals surface area contributed by atoms with Crippen LogP contribution >= 0.6 is 11.8 Å². The second-order valence-corrected chi connectivity index (χ2v) is 8.74. The summed E-state index contributed by atoms with van der Waals surface area (Å²) in [7, 11) is 0. The highest BCUT2D eigenvalue weighted by Crippen LogP contribution is 2.32. The van der Waals surface area contributed by atoms with Crippen LogP contribution in [0.1, 0.15) is 23.1 Å². The van der Waals surface area contributed by atoms with Gasteiger partial charge in [0.25, 0.3) is 5.91 Å². The predicted octanol–water partition coefficient (Wildman–Crippen LogP) is 3.84. The number of carbonyl (C=O) groups excluding carboxylic acids is 2. The van der Waals surface area contributed by atoms with Gasteiger partial charge in [0.2, 0.25) is 12.7 Å². The molecule has 0 unspecified atom stereocenters. The van der Waals surface area contributed by atoms with E-state index >= 15 is 0 Å². The first-order valence-electron chi connectivity index (χ1n) is 11.1. The van der Waals surface area contributed by atoms with Gasteiger partial charge in [-0.3, -0.25) is 9.59 Å². The fourth-order valence-electron chi connectivity index (χ4n) is 3.77. The molecule has 2 N–H and O–H groups in total. The highest BCUT2D eigenvalue weighted by molar-refractivity contribution is 7.99. The van der Waals surface area contributed by atoms with E-state index in [9.17, 15) is 9.59 Å². The highest BCUT2D eigenvalue weighted by atomic mass is 32.2. The fraction of sp³-hybridized carbons (Fsp3) is 0.200. The molecular formula is C25H23N5O4S. The fourth-order valence-corrected chi connectivity index (χ4v) is 4.59. The molecule has 0 spiro atoms. The van der Waals surface area contributed by atoms with Crippen molar-refractivity contribution >= 4 is 40.0 Å². The number of fused-ring (bicyclic) bond motifs is 2. The number of hydrogen-bond acceptors (Lipinski definition) is 7. The maximum atomic E-state index is 12.6. The molecule has 4 aromatic rings. The van der Waals surface area contributed by atoms with Crippen molar-refractivity contribution < 1.29 is 19.1 Å². The number of aromatic nitrogens is 3. The number of benzene rings is 3. The van der Waals surface area contributed by atoms with Gasteiger partial charge >= 0.3 is 0 Å². The maximum Gasteiger partial charge on any atom is 0.251 e. The van der Waals surface area contributed by atoms with Crippen molar-refractivity contribution in [2.75, 3.05) is 17.9 Å². The van der Waals surface area contributed by atoms with E-state index in [1.54, 1.807) is 18.2 Å². The minimum atomic E-state index is -0.252. The summed E-state index contributed by atoms with van der Waals surface area (Å²) >= 11 is 1.30. The van der Waals surface area contributed by atoms with Gasteiger partial charge in [0.05, 0.1) is 12.3 Å². The van der Waals surface area contributed by atoms with E-state index in [1.165, 1.54) is 11.8 Å². The monoisotopic (exact) mass is 489 g/mol. The standard InChI is InChI=1S/C25H23N5O4S/c1-2-30-22(13-26-24(32)18-8-10-20-21(12-18)34-15-33-20)28-29-25(30)35-14-23(31)27-19-9-7-16-5-3-4-6-17(16)11-19/h3-12H,2,13-15H2,1H3,(H,26,32)(H,27,31). The summed E-state index contributed by atoms with van der Waals surface area (Å²) in [5.74, 6) is 1.59. The second-order valence-electron chi connectivity index (χ2n) is 7.79. The normalized spacial score (nSPS) is 12.0. The van der Waals surface area contributed by atoms with E-state index < -0.39 is 0 Å². The van der Waals surface area contributed by atoms with Crippen LogP contribution < -0.4 is 20.1 Å². The molecular weight excluding hydrogens is 466 g/mol. The van der Waals surface area contributed by atoms with E-state index in [0.717, 1.165) is 16.5 Å². The molecule has 10 heteroatoms. The number of hydrogen-bond donors (Lipinski definition) is 2. The lowest BCUT2D eigenvalue weighted by atomic mass is 10.1. The molecule has 1 aromatic heterocycles. The third-order valence-corrected chi connectivity index (χ3v) is 6.48. The van der Waals surface area contributed by atoms with Crippen LogP contribution in [0.2, 0.25) is 0 Å². The summed E-state index contributed by atoms with van der Waals surface area (Å²) in [6.45, 7) is 2.93. The zero-order valence-corrected chi connectivity index (χ0v) is 19.8. The van der Waals surface area contributed by atoms with Crippen LogP contribution in [0.25, 0.3) is 10.8 Å². The average Bonchev–Trinajstić information content (AvgIpc) is 3.51. The highest BCUT2D eigenvalue weighted by Gasteiger charge is 2.18. The van der Waals surface area contributed by atoms with Gasteiger partial charge in [0.1, 0.15) is 0 Å². The number of ether oxygens (including phenoxy) is 2. The van der Waals surface area contributed by atoms with Gasteiger partial charge in [-0.25, -0.2) is 0 Å². The Morgan fingerprint density at radius 1 is 1.00 bits per heavy atom. The Kier molecular flexibility index (Phi) is 6.53. The number of rotatable bonds is 8. The molecule has 9 nitrogen and oxygen atoms in total. The average molecular weight is 490 g/mol. The zero-order valence-electron chi connectivity index (χ0n) is 19.0. The van der Waals surface area contributed by atoms with Crippen LogP contribution in [0.3, 0.4) is 0 Å². The van der Waals surface area contributed by atoms with Crippen LogP contribution in [0, 0.1) is 0 Å². The van der Waals surface area contributed by atoms with E-state index in [2.05, 4.69) is 20.8 Å². The SMILES string of the molecule is CCn1c(CNC(=O)c2ccc3c(c2)OCO3)nnc1SCC(=O)Nc1ccc2ccccc2c1. The summed E-state index contributed by atoms with van der Waals surface area (Å²) < 4.78 is 12.5. The minimum Gasteiger partial charge on any atom is -0.454 e. The van der Waals surface area contributed by atoms with Crippen molar-refractivity contribution in [1.29, 1.82) is 0 Å². The number of thioether (sulfide) groups is 1. The van der Waals surface area contributed by atoms with Crippen molar-refractivity contribution in [2.24, 2.45) is 0 Å². The predicted molar refractivity (Wildman–Crippen MR) is 133 cm³/mol. The van der Waals surface area contributed by atoms with Crippen LogP contribution in [-0.4, -0.2) is 39.1 Å². The van der Waals surface area contributed by atoms with E-state index in [-0.39, 0.29) is 30.9 Å². The topological polar surface area (TPSA) is 107 Å². The zero-order chi connectivity index (χ0) is 24.2. The lowest BCUT2D eigenvalue weighted by molar-refractivity contribution is -0.113. The van der Waals surface area contributed by atoms with Gasteiger partial charge in [-0.2, -0.15) is 0 Å². The molecule has 1 aliphatic rings. The Morgan fingerprint density at radius 2 is 1.83 bits per heavy atom. The Labute approximate surface area is 205 Å². The Balaban J connectivity index is 1.17. The van der Waals surface area contributed by atoms with Gasteiger partial charge in [-0.1, -0.05) is 42.1 Å². The molecule has 2 heterocycles. The van der Waals surface area contributed by atoms with E-state index in [0.29, 0.717) is 34.6 Å². The molecule has 0 bridgehead atoms. The van der Waals surface area contributed by atoms with Gasteiger partial charge in [-0.05, 0) is 48.0 Å². The number of amides is 2. The summed E-state index contributed by atoms with van der Waals surface area (Å²) in [6, 6.07) is 18.9. The molecule has 0 atom stereocenters. The largest absolute Gasteiger partial charge is 0.454 e. The molecule has 5 rings (SSSR count). The molecule has 178 valence electrons. The summed E-state index contributed by atoms with van der Waals surface area (Å²) in [5, 5.41) is 17.0. The van der Waals surface area contributed by atoms with Crippen LogP contribution in [0.5, 0.6) is 11.5 Å². The molecule has 0 fully saturated rings. The van der Waals surface area contributed by atoms with Crippen molar-refractivity contribution in [3.05, 3.63) is 72.1 Å². The molecule has 0 saturated carbocycles. The number of nitrogens with one attached hydrogen (secondary N) is 2. The van der Waals surface area contributed by atoms with Gasteiger partial charge < -0.3 is 24.7 Å². The van der Waals surface area contributed by atoms with Crippen molar-refractivity contribution in [2.45, 2.75) is 25.2 Å². The van der Waals surface area contributed by atoms with Gasteiger partial charge in [-0.15, -0.1) is 10.2 Å². The number of carbonyl (C=O) groups is 2. The molecule has 1 aliphatic heterocycles. The first kappa shape index (κ1) is 22.7. The van der Waals surface area contributed by atoms with Crippen LogP contribution in [-0.2, 0) is 17.9 Å². The minimum absolute atomic E-state index is 0.131. The lowest BCUT2D eigenvalue weighted by Gasteiger charge is -2.09.